The number of fused-ring (bicyclic) bond motifs is 2. The third-order valence-corrected chi connectivity index (χ3v) is 9.16. The molecule has 1 aliphatic carbocycles. The summed E-state index contributed by atoms with van der Waals surface area (Å²) in [5, 5.41) is 0. The maximum atomic E-state index is 12.9. The molecule has 0 amide bonds. The minimum atomic E-state index is -0.192. The lowest BCUT2D eigenvalue weighted by atomic mass is 9.75. The Balaban J connectivity index is 1.17. The molecule has 5 rings (SSSR count). The SMILES string of the molecule is COC(=O)CCc1ccccc1C[C@H]1[C@@H](c2nc(C(=O)CCCCCC3CCCCC3)co2)[C@H]2CC[C@@H]1O2. The Hall–Kier alpha value is -2.47. The number of oxazole rings is 1. The van der Waals surface area contributed by atoms with E-state index in [2.05, 4.69) is 18.2 Å². The molecule has 3 fully saturated rings. The topological polar surface area (TPSA) is 78.6 Å². The van der Waals surface area contributed by atoms with Gasteiger partial charge in [-0.3, -0.25) is 9.59 Å². The maximum Gasteiger partial charge on any atom is 0.305 e. The predicted octanol–water partition coefficient (Wildman–Crippen LogP) is 7.00. The molecular formula is C32H43NO5. The summed E-state index contributed by atoms with van der Waals surface area (Å²) in [6.45, 7) is 0. The molecule has 0 unspecified atom stereocenters. The summed E-state index contributed by atoms with van der Waals surface area (Å²) < 4.78 is 17.1. The van der Waals surface area contributed by atoms with Crippen LogP contribution in [0.4, 0.5) is 0 Å². The van der Waals surface area contributed by atoms with Gasteiger partial charge in [-0.15, -0.1) is 0 Å². The van der Waals surface area contributed by atoms with Crippen LogP contribution in [0.3, 0.4) is 0 Å². The van der Waals surface area contributed by atoms with Gasteiger partial charge in [-0.05, 0) is 49.1 Å². The largest absolute Gasteiger partial charge is 0.469 e. The van der Waals surface area contributed by atoms with Gasteiger partial charge in [0, 0.05) is 18.8 Å². The van der Waals surface area contributed by atoms with Crippen LogP contribution in [0, 0.1) is 11.8 Å². The molecule has 38 heavy (non-hydrogen) atoms. The molecular weight excluding hydrogens is 478 g/mol. The third-order valence-electron chi connectivity index (χ3n) is 9.16. The first-order valence-corrected chi connectivity index (χ1v) is 14.9. The van der Waals surface area contributed by atoms with E-state index >= 15 is 0 Å². The van der Waals surface area contributed by atoms with E-state index in [0.29, 0.717) is 30.8 Å². The molecule has 2 bridgehead atoms. The van der Waals surface area contributed by atoms with Crippen molar-refractivity contribution >= 4 is 11.8 Å². The van der Waals surface area contributed by atoms with Crippen LogP contribution in [0.2, 0.25) is 0 Å². The van der Waals surface area contributed by atoms with Crippen LogP contribution in [-0.2, 0) is 27.1 Å². The highest BCUT2D eigenvalue weighted by atomic mass is 16.5. The molecule has 0 spiro atoms. The van der Waals surface area contributed by atoms with Crippen molar-refractivity contribution in [3.63, 3.8) is 0 Å². The molecule has 4 atom stereocenters. The van der Waals surface area contributed by atoms with Crippen LogP contribution in [0.5, 0.6) is 0 Å². The van der Waals surface area contributed by atoms with Crippen LogP contribution in [0.1, 0.15) is 117 Å². The molecule has 206 valence electrons. The molecule has 2 saturated heterocycles. The fraction of sp³-hybridized carbons (Fsp3) is 0.656. The van der Waals surface area contributed by atoms with Crippen LogP contribution < -0.4 is 0 Å². The zero-order chi connectivity index (χ0) is 26.3. The Labute approximate surface area is 226 Å². The number of aromatic nitrogens is 1. The number of nitrogens with zero attached hydrogens (tertiary/aromatic N) is 1. The number of carbonyl (C=O) groups is 2. The quantitative estimate of drug-likeness (QED) is 0.160. The summed E-state index contributed by atoms with van der Waals surface area (Å²) in [6.07, 6.45) is 17.9. The molecule has 0 radical (unpaired) electrons. The average molecular weight is 522 g/mol. The summed E-state index contributed by atoms with van der Waals surface area (Å²) >= 11 is 0. The van der Waals surface area contributed by atoms with Gasteiger partial charge >= 0.3 is 5.97 Å². The highest BCUT2D eigenvalue weighted by molar-refractivity contribution is 5.93. The smallest absolute Gasteiger partial charge is 0.305 e. The van der Waals surface area contributed by atoms with E-state index < -0.39 is 0 Å². The van der Waals surface area contributed by atoms with Crippen molar-refractivity contribution < 1.29 is 23.5 Å². The number of esters is 1. The second-order valence-corrected chi connectivity index (χ2v) is 11.6. The first kappa shape index (κ1) is 27.1. The summed E-state index contributed by atoms with van der Waals surface area (Å²) in [7, 11) is 1.43. The number of ketones is 1. The standard InChI is InChI=1S/C32H43NO5/c1-36-30(35)19-16-23-13-8-9-14-24(23)20-25-28-17-18-29(38-28)31(25)32-33-26(21-37-32)27(34)15-7-3-6-12-22-10-4-2-5-11-22/h8-9,13-14,21-22,25,28-29,31H,2-7,10-12,15-20H2,1H3/t25-,28+,29-,31-/m1/s1. The Morgan fingerprint density at radius 2 is 1.74 bits per heavy atom. The van der Waals surface area contributed by atoms with Gasteiger partial charge in [-0.2, -0.15) is 0 Å². The highest BCUT2D eigenvalue weighted by Gasteiger charge is 2.51. The van der Waals surface area contributed by atoms with Crippen molar-refractivity contribution in [3.05, 3.63) is 53.2 Å². The van der Waals surface area contributed by atoms with Crippen LogP contribution in [-0.4, -0.2) is 36.1 Å². The van der Waals surface area contributed by atoms with Gasteiger partial charge in [0.15, 0.2) is 5.78 Å². The average Bonchev–Trinajstić information content (AvgIpc) is 3.70. The van der Waals surface area contributed by atoms with Gasteiger partial charge in [0.2, 0.25) is 5.89 Å². The zero-order valence-electron chi connectivity index (χ0n) is 22.9. The third kappa shape index (κ3) is 6.56. The number of ether oxygens (including phenoxy) is 2. The number of unbranched alkanes of at least 4 members (excludes halogenated alkanes) is 2. The summed E-state index contributed by atoms with van der Waals surface area (Å²) in [6, 6.07) is 8.32. The van der Waals surface area contributed by atoms with Gasteiger partial charge in [0.25, 0.3) is 0 Å². The number of Topliss-reactive ketones (excluding diaryl/α,β-unsaturated/α-hetero) is 1. The first-order chi connectivity index (χ1) is 18.6. The normalized spacial score (nSPS) is 25.1. The van der Waals surface area contributed by atoms with E-state index in [9.17, 15) is 9.59 Å². The van der Waals surface area contributed by atoms with Gasteiger partial charge in [0.1, 0.15) is 12.0 Å². The lowest BCUT2D eigenvalue weighted by Gasteiger charge is -2.26. The first-order valence-electron chi connectivity index (χ1n) is 14.9. The van der Waals surface area contributed by atoms with Crippen LogP contribution in [0.25, 0.3) is 0 Å². The fourth-order valence-electron chi connectivity index (χ4n) is 7.04. The van der Waals surface area contributed by atoms with E-state index in [1.165, 1.54) is 63.2 Å². The Morgan fingerprint density at radius 3 is 2.55 bits per heavy atom. The summed E-state index contributed by atoms with van der Waals surface area (Å²) in [4.78, 5) is 29.3. The Kier molecular flexibility index (Phi) is 9.31. The number of carbonyl (C=O) groups excluding carboxylic acids is 2. The number of hydrogen-bond donors (Lipinski definition) is 0. The number of aryl methyl sites for hydroxylation is 1. The maximum absolute atomic E-state index is 12.9. The molecule has 6 nitrogen and oxygen atoms in total. The molecule has 3 aliphatic rings. The number of benzene rings is 1. The number of hydrogen-bond acceptors (Lipinski definition) is 6. The monoisotopic (exact) mass is 521 g/mol. The predicted molar refractivity (Wildman–Crippen MR) is 145 cm³/mol. The van der Waals surface area contributed by atoms with E-state index in [1.807, 2.05) is 6.07 Å². The van der Waals surface area contributed by atoms with Crippen LogP contribution >= 0.6 is 0 Å². The van der Waals surface area contributed by atoms with Gasteiger partial charge < -0.3 is 13.9 Å². The highest BCUT2D eigenvalue weighted by Crippen LogP contribution is 2.50. The molecule has 0 N–H and O–H groups in total. The molecule has 6 heteroatoms. The Bertz CT molecular complexity index is 1070. The van der Waals surface area contributed by atoms with Crippen molar-refractivity contribution in [2.75, 3.05) is 7.11 Å². The molecule has 1 saturated carbocycles. The second kappa shape index (κ2) is 13.1. The van der Waals surface area contributed by atoms with Crippen molar-refractivity contribution in [1.29, 1.82) is 0 Å². The molecule has 2 aliphatic heterocycles. The Morgan fingerprint density at radius 1 is 0.947 bits per heavy atom. The lowest BCUT2D eigenvalue weighted by molar-refractivity contribution is -0.140. The second-order valence-electron chi connectivity index (χ2n) is 11.6. The molecule has 1 aromatic heterocycles. The van der Waals surface area contributed by atoms with Gasteiger partial charge in [-0.1, -0.05) is 75.6 Å². The molecule has 3 heterocycles. The summed E-state index contributed by atoms with van der Waals surface area (Å²) in [5.74, 6) is 1.76. The number of methoxy groups -OCH3 is 1. The fourth-order valence-corrected chi connectivity index (χ4v) is 7.04. The molecule has 1 aromatic carbocycles. The summed E-state index contributed by atoms with van der Waals surface area (Å²) in [5.41, 5.74) is 2.87. The van der Waals surface area contributed by atoms with E-state index in [0.717, 1.165) is 38.0 Å². The lowest BCUT2D eigenvalue weighted by Crippen LogP contribution is -2.28. The van der Waals surface area contributed by atoms with Gasteiger partial charge in [-0.25, -0.2) is 4.98 Å². The van der Waals surface area contributed by atoms with E-state index in [1.54, 1.807) is 6.26 Å². The minimum absolute atomic E-state index is 0.0551. The minimum Gasteiger partial charge on any atom is -0.469 e. The number of rotatable bonds is 13. The van der Waals surface area contributed by atoms with Crippen molar-refractivity contribution in [2.24, 2.45) is 11.8 Å². The zero-order valence-corrected chi connectivity index (χ0v) is 22.9. The van der Waals surface area contributed by atoms with Crippen molar-refractivity contribution in [1.82, 2.24) is 4.98 Å². The van der Waals surface area contributed by atoms with Crippen molar-refractivity contribution in [3.8, 4) is 0 Å². The van der Waals surface area contributed by atoms with E-state index in [4.69, 9.17) is 18.9 Å². The van der Waals surface area contributed by atoms with Crippen molar-refractivity contribution in [2.45, 2.75) is 114 Å². The van der Waals surface area contributed by atoms with Crippen LogP contribution in [0.15, 0.2) is 34.9 Å². The van der Waals surface area contributed by atoms with E-state index in [-0.39, 0.29) is 35.8 Å². The molecule has 2 aromatic rings. The van der Waals surface area contributed by atoms with Gasteiger partial charge in [0.05, 0.1) is 25.2 Å².